The number of methoxy groups -OCH3 is 1. The molecule has 0 radical (unpaired) electrons. The Morgan fingerprint density at radius 2 is 2.00 bits per heavy atom. The van der Waals surface area contributed by atoms with Crippen LogP contribution in [0.5, 0.6) is 5.75 Å². The minimum absolute atomic E-state index is 0.624. The molecule has 0 spiro atoms. The van der Waals surface area contributed by atoms with Crippen LogP contribution >= 0.6 is 24.0 Å². The summed E-state index contributed by atoms with van der Waals surface area (Å²) < 4.78 is 5.39. The predicted octanol–water partition coefficient (Wildman–Crippen LogP) is 5.16. The SMILES string of the molecule is COc1ccc(NC(=S)NCCCSCc2ccccc2C)c2cccnc12. The van der Waals surface area contributed by atoms with Crippen LogP contribution < -0.4 is 15.4 Å². The molecular weight excluding hydrogens is 386 g/mol. The van der Waals surface area contributed by atoms with Gasteiger partial charge in [-0.1, -0.05) is 24.3 Å². The summed E-state index contributed by atoms with van der Waals surface area (Å²) in [6, 6.07) is 16.4. The fourth-order valence-electron chi connectivity index (χ4n) is 2.92. The molecule has 146 valence electrons. The lowest BCUT2D eigenvalue weighted by atomic mass is 10.1. The molecule has 1 heterocycles. The Morgan fingerprint density at radius 3 is 2.82 bits per heavy atom. The number of nitrogens with one attached hydrogen (secondary N) is 2. The Kier molecular flexibility index (Phi) is 7.51. The zero-order valence-electron chi connectivity index (χ0n) is 16.2. The molecule has 3 rings (SSSR count). The number of thiocarbonyl (C=S) groups is 1. The molecule has 4 nitrogen and oxygen atoms in total. The molecule has 0 unspecified atom stereocenters. The van der Waals surface area contributed by atoms with Crippen LogP contribution in [-0.2, 0) is 5.75 Å². The van der Waals surface area contributed by atoms with E-state index in [1.165, 1.54) is 11.1 Å². The quantitative estimate of drug-likeness (QED) is 0.394. The van der Waals surface area contributed by atoms with Crippen molar-refractivity contribution in [3.8, 4) is 5.75 Å². The van der Waals surface area contributed by atoms with Gasteiger partial charge in [0.15, 0.2) is 5.11 Å². The van der Waals surface area contributed by atoms with Crippen molar-refractivity contribution in [2.24, 2.45) is 0 Å². The van der Waals surface area contributed by atoms with Crippen LogP contribution in [0.1, 0.15) is 17.5 Å². The summed E-state index contributed by atoms with van der Waals surface area (Å²) in [6.45, 7) is 3.01. The summed E-state index contributed by atoms with van der Waals surface area (Å²) >= 11 is 7.41. The molecule has 0 bridgehead atoms. The third-order valence-electron chi connectivity index (χ3n) is 4.47. The van der Waals surface area contributed by atoms with Crippen molar-refractivity contribution >= 4 is 45.7 Å². The van der Waals surface area contributed by atoms with E-state index in [1.807, 2.05) is 36.0 Å². The number of ether oxygens (including phenoxy) is 1. The summed E-state index contributed by atoms with van der Waals surface area (Å²) in [7, 11) is 1.65. The lowest BCUT2D eigenvalue weighted by molar-refractivity contribution is 0.419. The van der Waals surface area contributed by atoms with Crippen molar-refractivity contribution < 1.29 is 4.74 Å². The maximum atomic E-state index is 5.45. The highest BCUT2D eigenvalue weighted by Gasteiger charge is 2.08. The smallest absolute Gasteiger partial charge is 0.170 e. The molecule has 0 saturated carbocycles. The molecule has 0 aliphatic carbocycles. The van der Waals surface area contributed by atoms with Gasteiger partial charge in [0.05, 0.1) is 7.11 Å². The van der Waals surface area contributed by atoms with Crippen LogP contribution in [-0.4, -0.2) is 29.5 Å². The average Bonchev–Trinajstić information content (AvgIpc) is 2.72. The summed E-state index contributed by atoms with van der Waals surface area (Å²) in [5, 5.41) is 8.18. The minimum Gasteiger partial charge on any atom is -0.494 e. The topological polar surface area (TPSA) is 46.2 Å². The first kappa shape index (κ1) is 20.4. The molecule has 6 heteroatoms. The van der Waals surface area contributed by atoms with E-state index in [4.69, 9.17) is 17.0 Å². The second-order valence-electron chi connectivity index (χ2n) is 6.43. The molecule has 2 aromatic carbocycles. The lowest BCUT2D eigenvalue weighted by Crippen LogP contribution is -2.29. The fraction of sp³-hybridized carbons (Fsp3) is 0.273. The van der Waals surface area contributed by atoms with Crippen LogP contribution in [0.4, 0.5) is 5.69 Å². The highest BCUT2D eigenvalue weighted by Crippen LogP contribution is 2.29. The number of thioether (sulfide) groups is 1. The van der Waals surface area contributed by atoms with Gasteiger partial charge in [0.2, 0.25) is 0 Å². The number of fused-ring (bicyclic) bond motifs is 1. The van der Waals surface area contributed by atoms with Gasteiger partial charge in [0.25, 0.3) is 0 Å². The molecular formula is C22H25N3OS2. The van der Waals surface area contributed by atoms with Gasteiger partial charge in [-0.05, 0) is 66.7 Å². The first-order chi connectivity index (χ1) is 13.7. The molecule has 0 aliphatic heterocycles. The largest absolute Gasteiger partial charge is 0.494 e. The number of benzene rings is 2. The Bertz CT molecular complexity index is 946. The van der Waals surface area contributed by atoms with E-state index in [0.717, 1.165) is 46.8 Å². The number of hydrogen-bond acceptors (Lipinski definition) is 4. The first-order valence-corrected chi connectivity index (χ1v) is 10.8. The van der Waals surface area contributed by atoms with E-state index in [9.17, 15) is 0 Å². The number of anilines is 1. The van der Waals surface area contributed by atoms with Crippen molar-refractivity contribution in [1.82, 2.24) is 10.3 Å². The summed E-state index contributed by atoms with van der Waals surface area (Å²) in [5.41, 5.74) is 4.53. The normalized spacial score (nSPS) is 10.6. The molecule has 0 aliphatic rings. The van der Waals surface area contributed by atoms with E-state index in [1.54, 1.807) is 13.3 Å². The Labute approximate surface area is 176 Å². The van der Waals surface area contributed by atoms with E-state index in [2.05, 4.69) is 46.8 Å². The van der Waals surface area contributed by atoms with Crippen LogP contribution in [0.15, 0.2) is 54.7 Å². The van der Waals surface area contributed by atoms with Crippen LogP contribution in [0.3, 0.4) is 0 Å². The zero-order chi connectivity index (χ0) is 19.8. The van der Waals surface area contributed by atoms with E-state index >= 15 is 0 Å². The molecule has 0 fully saturated rings. The summed E-state index contributed by atoms with van der Waals surface area (Å²) in [5.74, 6) is 2.91. The summed E-state index contributed by atoms with van der Waals surface area (Å²) in [4.78, 5) is 4.42. The van der Waals surface area contributed by atoms with Crippen molar-refractivity contribution in [2.45, 2.75) is 19.1 Å². The van der Waals surface area contributed by atoms with Gasteiger partial charge in [0.1, 0.15) is 11.3 Å². The Balaban J connectivity index is 1.44. The van der Waals surface area contributed by atoms with E-state index < -0.39 is 0 Å². The molecule has 1 aromatic heterocycles. The number of hydrogen-bond donors (Lipinski definition) is 2. The fourth-order valence-corrected chi connectivity index (χ4v) is 4.17. The minimum atomic E-state index is 0.624. The Hall–Kier alpha value is -2.31. The van der Waals surface area contributed by atoms with E-state index in [-0.39, 0.29) is 0 Å². The molecule has 0 atom stereocenters. The molecule has 2 N–H and O–H groups in total. The number of aryl methyl sites for hydroxylation is 1. The standard InChI is InChI=1S/C22H25N3OS2/c1-16-7-3-4-8-17(16)15-28-14-6-13-24-22(27)25-19-10-11-20(26-2)21-18(19)9-5-12-23-21/h3-5,7-12H,6,13-15H2,1-2H3,(H2,24,25,27). The number of pyridine rings is 1. The third-order valence-corrected chi connectivity index (χ3v) is 5.81. The zero-order valence-corrected chi connectivity index (χ0v) is 17.8. The third kappa shape index (κ3) is 5.36. The van der Waals surface area contributed by atoms with Gasteiger partial charge < -0.3 is 15.4 Å². The summed E-state index contributed by atoms with van der Waals surface area (Å²) in [6.07, 6.45) is 2.82. The first-order valence-electron chi connectivity index (χ1n) is 9.28. The molecule has 28 heavy (non-hydrogen) atoms. The van der Waals surface area contributed by atoms with Gasteiger partial charge in [-0.15, -0.1) is 0 Å². The van der Waals surface area contributed by atoms with Crippen LogP contribution in [0.2, 0.25) is 0 Å². The molecule has 0 amide bonds. The maximum Gasteiger partial charge on any atom is 0.170 e. The predicted molar refractivity (Wildman–Crippen MR) is 124 cm³/mol. The number of aromatic nitrogens is 1. The highest BCUT2D eigenvalue weighted by atomic mass is 32.2. The van der Waals surface area contributed by atoms with Crippen LogP contribution in [0.25, 0.3) is 10.9 Å². The van der Waals surface area contributed by atoms with Crippen LogP contribution in [0, 0.1) is 6.92 Å². The van der Waals surface area contributed by atoms with Gasteiger partial charge in [0, 0.05) is 29.6 Å². The van der Waals surface area contributed by atoms with Gasteiger partial charge in [-0.3, -0.25) is 4.98 Å². The van der Waals surface area contributed by atoms with Gasteiger partial charge >= 0.3 is 0 Å². The van der Waals surface area contributed by atoms with Crippen molar-refractivity contribution in [2.75, 3.05) is 24.7 Å². The highest BCUT2D eigenvalue weighted by molar-refractivity contribution is 7.98. The monoisotopic (exact) mass is 411 g/mol. The number of rotatable bonds is 8. The Morgan fingerprint density at radius 1 is 1.14 bits per heavy atom. The van der Waals surface area contributed by atoms with Gasteiger partial charge in [-0.2, -0.15) is 11.8 Å². The molecule has 3 aromatic rings. The van der Waals surface area contributed by atoms with Crippen molar-refractivity contribution in [3.05, 3.63) is 65.9 Å². The molecule has 0 saturated heterocycles. The van der Waals surface area contributed by atoms with Gasteiger partial charge in [-0.25, -0.2) is 0 Å². The van der Waals surface area contributed by atoms with E-state index in [0.29, 0.717) is 5.11 Å². The lowest BCUT2D eigenvalue weighted by Gasteiger charge is -2.13. The maximum absolute atomic E-state index is 5.45. The second-order valence-corrected chi connectivity index (χ2v) is 7.94. The van der Waals surface area contributed by atoms with Crippen molar-refractivity contribution in [3.63, 3.8) is 0 Å². The number of nitrogens with zero attached hydrogens (tertiary/aromatic N) is 1. The second kappa shape index (κ2) is 10.3. The average molecular weight is 412 g/mol. The van der Waals surface area contributed by atoms with Crippen molar-refractivity contribution in [1.29, 1.82) is 0 Å².